The molecule has 0 bridgehead atoms. The van der Waals surface area contributed by atoms with Gasteiger partial charge >= 0.3 is 6.09 Å². The average molecular weight is 284 g/mol. The number of likely N-dealkylation sites (tertiary alicyclic amines) is 1. The second kappa shape index (κ2) is 5.02. The summed E-state index contributed by atoms with van der Waals surface area (Å²) in [5.74, 6) is 0. The van der Waals surface area contributed by atoms with Crippen LogP contribution in [-0.4, -0.2) is 43.4 Å². The van der Waals surface area contributed by atoms with Crippen LogP contribution in [0.4, 0.5) is 4.79 Å². The lowest BCUT2D eigenvalue weighted by Gasteiger charge is -2.32. The Morgan fingerprint density at radius 1 is 1.41 bits per heavy atom. The van der Waals surface area contributed by atoms with Crippen molar-refractivity contribution in [3.05, 3.63) is 0 Å². The van der Waals surface area contributed by atoms with Crippen molar-refractivity contribution < 1.29 is 17.9 Å². The van der Waals surface area contributed by atoms with Crippen molar-refractivity contribution in [2.24, 2.45) is 0 Å². The van der Waals surface area contributed by atoms with Gasteiger partial charge in [-0.2, -0.15) is 0 Å². The first kappa shape index (κ1) is 14.6. The molecule has 17 heavy (non-hydrogen) atoms. The Hall–Kier alpha value is -0.490. The van der Waals surface area contributed by atoms with E-state index in [4.69, 9.17) is 15.4 Å². The van der Waals surface area contributed by atoms with Crippen molar-refractivity contribution >= 4 is 25.8 Å². The Balaban J connectivity index is 2.64. The molecule has 0 aromatic rings. The number of hydrogen-bond donors (Lipinski definition) is 0. The smallest absolute Gasteiger partial charge is 0.410 e. The fraction of sp³-hybridized carbons (Fsp3) is 0.900. The predicted molar refractivity (Wildman–Crippen MR) is 65.6 cm³/mol. The van der Waals surface area contributed by atoms with E-state index in [1.54, 1.807) is 20.8 Å². The molecule has 5 nitrogen and oxygen atoms in total. The Labute approximate surface area is 106 Å². The summed E-state index contributed by atoms with van der Waals surface area (Å²) in [5, 5.41) is -0.689. The molecule has 0 N–H and O–H groups in total. The van der Waals surface area contributed by atoms with Gasteiger partial charge in [-0.3, -0.25) is 0 Å². The highest BCUT2D eigenvalue weighted by Gasteiger charge is 2.33. The van der Waals surface area contributed by atoms with E-state index in [1.165, 1.54) is 4.90 Å². The van der Waals surface area contributed by atoms with Crippen molar-refractivity contribution in [3.8, 4) is 0 Å². The number of piperidine rings is 1. The minimum atomic E-state index is -3.61. The van der Waals surface area contributed by atoms with Crippen LogP contribution in [0.2, 0.25) is 0 Å². The topological polar surface area (TPSA) is 63.7 Å². The zero-order valence-electron chi connectivity index (χ0n) is 10.3. The van der Waals surface area contributed by atoms with E-state index < -0.39 is 26.0 Å². The molecule has 1 saturated heterocycles. The fourth-order valence-electron chi connectivity index (χ4n) is 1.66. The third kappa shape index (κ3) is 4.71. The molecule has 0 spiro atoms. The van der Waals surface area contributed by atoms with Crippen LogP contribution in [-0.2, 0) is 13.8 Å². The summed E-state index contributed by atoms with van der Waals surface area (Å²) in [7, 11) is 1.70. The Morgan fingerprint density at radius 3 is 2.47 bits per heavy atom. The van der Waals surface area contributed by atoms with Crippen molar-refractivity contribution in [1.29, 1.82) is 0 Å². The lowest BCUT2D eigenvalue weighted by molar-refractivity contribution is 0.0219. The molecule has 1 aliphatic rings. The summed E-state index contributed by atoms with van der Waals surface area (Å²) in [6, 6.07) is 0. The van der Waals surface area contributed by atoms with E-state index in [1.807, 2.05) is 0 Å². The molecule has 1 heterocycles. The minimum absolute atomic E-state index is 0.112. The highest BCUT2D eigenvalue weighted by Crippen LogP contribution is 2.21. The van der Waals surface area contributed by atoms with Gasteiger partial charge in [0.05, 0.1) is 5.25 Å². The molecule has 7 heteroatoms. The molecular weight excluding hydrogens is 266 g/mol. The summed E-state index contributed by atoms with van der Waals surface area (Å²) in [6.45, 7) is 5.93. The van der Waals surface area contributed by atoms with Crippen LogP contribution >= 0.6 is 10.7 Å². The second-order valence-corrected chi connectivity index (χ2v) is 8.07. The third-order valence-corrected chi connectivity index (χ3v) is 4.37. The standard InChI is InChI=1S/C10H18ClNO4S/c1-10(2,3)16-9(13)12-6-4-5-8(7-12)17(11,14)15/h8H,4-7H2,1-3H3/t8-/m1/s1. The van der Waals surface area contributed by atoms with Crippen LogP contribution in [0.5, 0.6) is 0 Å². The SMILES string of the molecule is CC(C)(C)OC(=O)N1CCC[C@@H](S(=O)(=O)Cl)C1. The van der Waals surface area contributed by atoms with Crippen molar-refractivity contribution in [2.75, 3.05) is 13.1 Å². The van der Waals surface area contributed by atoms with Gasteiger partial charge in [0.2, 0.25) is 9.05 Å². The van der Waals surface area contributed by atoms with Crippen LogP contribution in [0.15, 0.2) is 0 Å². The average Bonchev–Trinajstić information content (AvgIpc) is 2.14. The van der Waals surface area contributed by atoms with Crippen LogP contribution < -0.4 is 0 Å². The molecular formula is C10H18ClNO4S. The highest BCUT2D eigenvalue weighted by atomic mass is 35.7. The Kier molecular flexibility index (Phi) is 4.30. The van der Waals surface area contributed by atoms with Crippen LogP contribution in [0, 0.1) is 0 Å². The number of carbonyl (C=O) groups is 1. The number of rotatable bonds is 1. The molecule has 1 amide bonds. The number of nitrogens with zero attached hydrogens (tertiary/aromatic N) is 1. The first-order valence-corrected chi connectivity index (χ1v) is 7.88. The quantitative estimate of drug-likeness (QED) is 0.690. The van der Waals surface area contributed by atoms with Gasteiger partial charge in [-0.25, -0.2) is 13.2 Å². The lowest BCUT2D eigenvalue weighted by atomic mass is 10.1. The Morgan fingerprint density at radius 2 is 2.00 bits per heavy atom. The summed E-state index contributed by atoms with van der Waals surface area (Å²) in [6.07, 6.45) is 0.628. The summed E-state index contributed by atoms with van der Waals surface area (Å²) < 4.78 is 27.6. The maximum absolute atomic E-state index is 11.8. The second-order valence-electron chi connectivity index (χ2n) is 5.17. The first-order chi connectivity index (χ1) is 7.59. The molecule has 100 valence electrons. The van der Waals surface area contributed by atoms with Gasteiger partial charge in [0, 0.05) is 23.8 Å². The van der Waals surface area contributed by atoms with E-state index in [0.29, 0.717) is 19.4 Å². The molecule has 0 unspecified atom stereocenters. The first-order valence-electron chi connectivity index (χ1n) is 5.51. The van der Waals surface area contributed by atoms with Gasteiger partial charge in [-0.1, -0.05) is 0 Å². The molecule has 0 saturated carbocycles. The summed E-state index contributed by atoms with van der Waals surface area (Å²) in [5.41, 5.74) is -0.579. The van der Waals surface area contributed by atoms with Gasteiger partial charge in [-0.15, -0.1) is 0 Å². The number of hydrogen-bond acceptors (Lipinski definition) is 4. The molecule has 1 fully saturated rings. The zero-order chi connectivity index (χ0) is 13.3. The van der Waals surface area contributed by atoms with E-state index in [9.17, 15) is 13.2 Å². The number of ether oxygens (including phenoxy) is 1. The van der Waals surface area contributed by atoms with E-state index in [2.05, 4.69) is 0 Å². The third-order valence-electron chi connectivity index (χ3n) is 2.43. The molecule has 1 atom stereocenters. The molecule has 1 rings (SSSR count). The normalized spacial score (nSPS) is 22.4. The van der Waals surface area contributed by atoms with Gasteiger partial charge in [0.15, 0.2) is 0 Å². The van der Waals surface area contributed by atoms with Crippen LogP contribution in [0.3, 0.4) is 0 Å². The fourth-order valence-corrected chi connectivity index (χ4v) is 2.90. The van der Waals surface area contributed by atoms with Gasteiger partial charge in [0.25, 0.3) is 0 Å². The monoisotopic (exact) mass is 283 g/mol. The van der Waals surface area contributed by atoms with Crippen LogP contribution in [0.25, 0.3) is 0 Å². The summed E-state index contributed by atoms with van der Waals surface area (Å²) in [4.78, 5) is 13.2. The zero-order valence-corrected chi connectivity index (χ0v) is 11.8. The largest absolute Gasteiger partial charge is 0.444 e. The maximum atomic E-state index is 11.8. The van der Waals surface area contributed by atoms with Crippen LogP contribution in [0.1, 0.15) is 33.6 Å². The number of carbonyl (C=O) groups excluding carboxylic acids is 1. The van der Waals surface area contributed by atoms with E-state index in [0.717, 1.165) is 0 Å². The van der Waals surface area contributed by atoms with Gasteiger partial charge in [-0.05, 0) is 33.6 Å². The van der Waals surface area contributed by atoms with E-state index >= 15 is 0 Å². The molecule has 0 radical (unpaired) electrons. The maximum Gasteiger partial charge on any atom is 0.410 e. The van der Waals surface area contributed by atoms with Crippen molar-refractivity contribution in [3.63, 3.8) is 0 Å². The van der Waals surface area contributed by atoms with Crippen molar-refractivity contribution in [1.82, 2.24) is 4.90 Å². The lowest BCUT2D eigenvalue weighted by Crippen LogP contribution is -2.46. The van der Waals surface area contributed by atoms with Gasteiger partial charge in [0.1, 0.15) is 5.60 Å². The molecule has 0 aliphatic carbocycles. The minimum Gasteiger partial charge on any atom is -0.444 e. The van der Waals surface area contributed by atoms with E-state index in [-0.39, 0.29) is 6.54 Å². The van der Waals surface area contributed by atoms with Gasteiger partial charge < -0.3 is 9.64 Å². The molecule has 1 aliphatic heterocycles. The highest BCUT2D eigenvalue weighted by molar-refractivity contribution is 8.14. The predicted octanol–water partition coefficient (Wildman–Crippen LogP) is 1.95. The molecule has 0 aromatic heterocycles. The number of amides is 1. The summed E-state index contributed by atoms with van der Waals surface area (Å²) >= 11 is 0. The number of halogens is 1. The van der Waals surface area contributed by atoms with Crippen molar-refractivity contribution in [2.45, 2.75) is 44.5 Å². The molecule has 0 aromatic carbocycles. The Bertz CT molecular complexity index is 388.